The summed E-state index contributed by atoms with van der Waals surface area (Å²) in [5, 5.41) is 14.0. The molecule has 0 spiro atoms. The van der Waals surface area contributed by atoms with E-state index in [1.165, 1.54) is 0 Å². The predicted octanol–water partition coefficient (Wildman–Crippen LogP) is 0.556. The maximum Gasteiger partial charge on any atom is 0.0862 e. The summed E-state index contributed by atoms with van der Waals surface area (Å²) < 4.78 is 1.67. The number of aromatic nitrogens is 2. The van der Waals surface area contributed by atoms with E-state index in [2.05, 4.69) is 30.8 Å². The third-order valence-corrected chi connectivity index (χ3v) is 2.63. The summed E-state index contributed by atoms with van der Waals surface area (Å²) in [4.78, 5) is 2.22. The number of rotatable bonds is 6. The molecule has 0 fully saturated rings. The van der Waals surface area contributed by atoms with Crippen LogP contribution in [0.25, 0.3) is 0 Å². The van der Waals surface area contributed by atoms with Gasteiger partial charge in [0.05, 0.1) is 24.5 Å². The molecule has 0 saturated carbocycles. The van der Waals surface area contributed by atoms with E-state index in [-0.39, 0.29) is 0 Å². The zero-order valence-corrected chi connectivity index (χ0v) is 10.3. The van der Waals surface area contributed by atoms with Crippen molar-refractivity contribution in [2.45, 2.75) is 39.5 Å². The minimum absolute atomic E-state index is 0.415. The van der Waals surface area contributed by atoms with Crippen LogP contribution in [0.5, 0.6) is 0 Å². The number of nitrogen functional groups attached to an aromatic ring is 1. The number of anilines is 1. The molecule has 0 aromatic carbocycles. The first kappa shape index (κ1) is 13.0. The summed E-state index contributed by atoms with van der Waals surface area (Å²) in [6, 6.07) is 0.447. The van der Waals surface area contributed by atoms with Gasteiger partial charge in [0, 0.05) is 18.8 Å². The molecular weight excluding hydrogens is 204 g/mol. The van der Waals surface area contributed by atoms with E-state index in [1.54, 1.807) is 17.1 Å². The second-order valence-electron chi connectivity index (χ2n) is 4.33. The summed E-state index contributed by atoms with van der Waals surface area (Å²) in [5.41, 5.74) is 6.18. The average Bonchev–Trinajstić information content (AvgIpc) is 2.60. The summed E-state index contributed by atoms with van der Waals surface area (Å²) in [5.74, 6) is 0. The maximum atomic E-state index is 9.92. The normalized spacial score (nSPS) is 13.6. The monoisotopic (exact) mass is 226 g/mol. The Morgan fingerprint density at radius 3 is 2.69 bits per heavy atom. The van der Waals surface area contributed by atoms with E-state index >= 15 is 0 Å². The standard InChI is InChI=1S/C11H22N4O/c1-4-14(9(2)3)7-11(16)8-15-6-10(12)5-13-15/h5-6,9,11,16H,4,7-8,12H2,1-3H3. The van der Waals surface area contributed by atoms with E-state index in [0.29, 0.717) is 24.8 Å². The van der Waals surface area contributed by atoms with Crippen molar-refractivity contribution in [3.63, 3.8) is 0 Å². The van der Waals surface area contributed by atoms with E-state index in [4.69, 9.17) is 5.73 Å². The molecule has 5 heteroatoms. The van der Waals surface area contributed by atoms with Crippen LogP contribution >= 0.6 is 0 Å². The van der Waals surface area contributed by atoms with Gasteiger partial charge in [0.15, 0.2) is 0 Å². The van der Waals surface area contributed by atoms with Crippen molar-refractivity contribution < 1.29 is 5.11 Å². The fourth-order valence-electron chi connectivity index (χ4n) is 1.73. The molecule has 1 rings (SSSR count). The van der Waals surface area contributed by atoms with Gasteiger partial charge in [-0.1, -0.05) is 6.92 Å². The summed E-state index contributed by atoms with van der Waals surface area (Å²) in [7, 11) is 0. The highest BCUT2D eigenvalue weighted by Crippen LogP contribution is 2.03. The zero-order chi connectivity index (χ0) is 12.1. The van der Waals surface area contributed by atoms with E-state index in [0.717, 1.165) is 6.54 Å². The van der Waals surface area contributed by atoms with Crippen molar-refractivity contribution in [3.8, 4) is 0 Å². The fourth-order valence-corrected chi connectivity index (χ4v) is 1.73. The first-order valence-corrected chi connectivity index (χ1v) is 5.73. The van der Waals surface area contributed by atoms with Gasteiger partial charge < -0.3 is 10.8 Å². The summed E-state index contributed by atoms with van der Waals surface area (Å²) in [6.07, 6.45) is 2.91. The second kappa shape index (κ2) is 5.86. The molecule has 0 aliphatic heterocycles. The van der Waals surface area contributed by atoms with Crippen LogP contribution in [-0.4, -0.2) is 45.0 Å². The first-order valence-electron chi connectivity index (χ1n) is 5.73. The second-order valence-corrected chi connectivity index (χ2v) is 4.33. The molecule has 0 aliphatic carbocycles. The van der Waals surface area contributed by atoms with Gasteiger partial charge in [-0.2, -0.15) is 5.10 Å². The number of hydrogen-bond acceptors (Lipinski definition) is 4. The number of hydrogen-bond donors (Lipinski definition) is 2. The largest absolute Gasteiger partial charge is 0.396 e. The number of likely N-dealkylation sites (N-methyl/N-ethyl adjacent to an activating group) is 1. The van der Waals surface area contributed by atoms with Crippen LogP contribution in [0, 0.1) is 0 Å². The Balaban J connectivity index is 2.43. The predicted molar refractivity (Wildman–Crippen MR) is 65.0 cm³/mol. The van der Waals surface area contributed by atoms with Gasteiger partial charge in [0.25, 0.3) is 0 Å². The molecule has 92 valence electrons. The molecule has 3 N–H and O–H groups in total. The quantitative estimate of drug-likeness (QED) is 0.743. The van der Waals surface area contributed by atoms with Crippen LogP contribution in [0.3, 0.4) is 0 Å². The van der Waals surface area contributed by atoms with Crippen molar-refractivity contribution in [3.05, 3.63) is 12.4 Å². The molecule has 1 unspecified atom stereocenters. The molecule has 1 aromatic heterocycles. The topological polar surface area (TPSA) is 67.3 Å². The maximum absolute atomic E-state index is 9.92. The van der Waals surface area contributed by atoms with E-state index in [1.807, 2.05) is 0 Å². The van der Waals surface area contributed by atoms with Crippen LogP contribution in [0.1, 0.15) is 20.8 Å². The lowest BCUT2D eigenvalue weighted by atomic mass is 10.2. The molecule has 1 atom stereocenters. The number of aliphatic hydroxyl groups excluding tert-OH is 1. The smallest absolute Gasteiger partial charge is 0.0862 e. The van der Waals surface area contributed by atoms with Crippen molar-refractivity contribution in [2.75, 3.05) is 18.8 Å². The Morgan fingerprint density at radius 1 is 1.56 bits per heavy atom. The Bertz CT molecular complexity index is 311. The fraction of sp³-hybridized carbons (Fsp3) is 0.727. The molecule has 0 aliphatic rings. The highest BCUT2D eigenvalue weighted by molar-refractivity contribution is 5.30. The Kier molecular flexibility index (Phi) is 4.76. The van der Waals surface area contributed by atoms with Crippen LogP contribution in [0.15, 0.2) is 12.4 Å². The van der Waals surface area contributed by atoms with Gasteiger partial charge in [0.1, 0.15) is 0 Å². The lowest BCUT2D eigenvalue weighted by Gasteiger charge is -2.27. The SMILES string of the molecule is CCN(CC(O)Cn1cc(N)cn1)C(C)C. The minimum atomic E-state index is -0.415. The first-order chi connectivity index (χ1) is 7.52. The lowest BCUT2D eigenvalue weighted by Crippen LogP contribution is -2.39. The Morgan fingerprint density at radius 2 is 2.25 bits per heavy atom. The van der Waals surface area contributed by atoms with Gasteiger partial charge in [-0.25, -0.2) is 0 Å². The highest BCUT2D eigenvalue weighted by Gasteiger charge is 2.13. The Hall–Kier alpha value is -1.07. The van der Waals surface area contributed by atoms with Crippen LogP contribution in [0.4, 0.5) is 5.69 Å². The van der Waals surface area contributed by atoms with Crippen LogP contribution in [0.2, 0.25) is 0 Å². The summed E-state index contributed by atoms with van der Waals surface area (Å²) in [6.45, 7) is 8.44. The molecule has 0 radical (unpaired) electrons. The number of nitrogens with zero attached hydrogens (tertiary/aromatic N) is 3. The van der Waals surface area contributed by atoms with Crippen molar-refractivity contribution in [1.82, 2.24) is 14.7 Å². The van der Waals surface area contributed by atoms with Crippen molar-refractivity contribution >= 4 is 5.69 Å². The van der Waals surface area contributed by atoms with Crippen molar-refractivity contribution in [1.29, 1.82) is 0 Å². The van der Waals surface area contributed by atoms with Crippen molar-refractivity contribution in [2.24, 2.45) is 0 Å². The molecule has 16 heavy (non-hydrogen) atoms. The van der Waals surface area contributed by atoms with E-state index in [9.17, 15) is 5.11 Å². The Labute approximate surface area is 96.9 Å². The van der Waals surface area contributed by atoms with Crippen LogP contribution in [-0.2, 0) is 6.54 Å². The molecular formula is C11H22N4O. The van der Waals surface area contributed by atoms with Gasteiger partial charge >= 0.3 is 0 Å². The number of aliphatic hydroxyl groups is 1. The van der Waals surface area contributed by atoms with Gasteiger partial charge in [-0.15, -0.1) is 0 Å². The van der Waals surface area contributed by atoms with Crippen LogP contribution < -0.4 is 5.73 Å². The zero-order valence-electron chi connectivity index (χ0n) is 10.3. The van der Waals surface area contributed by atoms with Gasteiger partial charge in [0.2, 0.25) is 0 Å². The summed E-state index contributed by atoms with van der Waals surface area (Å²) >= 11 is 0. The average molecular weight is 226 g/mol. The van der Waals surface area contributed by atoms with Gasteiger partial charge in [-0.3, -0.25) is 9.58 Å². The third-order valence-electron chi connectivity index (χ3n) is 2.63. The van der Waals surface area contributed by atoms with Gasteiger partial charge in [-0.05, 0) is 20.4 Å². The molecule has 0 amide bonds. The molecule has 0 saturated heterocycles. The number of nitrogens with two attached hydrogens (primary N) is 1. The molecule has 0 bridgehead atoms. The minimum Gasteiger partial charge on any atom is -0.396 e. The molecule has 1 aromatic rings. The molecule has 5 nitrogen and oxygen atoms in total. The lowest BCUT2D eigenvalue weighted by molar-refractivity contribution is 0.0834. The third kappa shape index (κ3) is 3.83. The highest BCUT2D eigenvalue weighted by atomic mass is 16.3. The molecule has 1 heterocycles. The van der Waals surface area contributed by atoms with E-state index < -0.39 is 6.10 Å².